The van der Waals surface area contributed by atoms with Crippen molar-refractivity contribution >= 4 is 21.4 Å². The van der Waals surface area contributed by atoms with E-state index in [4.69, 9.17) is 4.74 Å². The van der Waals surface area contributed by atoms with E-state index < -0.39 is 16.1 Å². The first-order valence-electron chi connectivity index (χ1n) is 7.64. The van der Waals surface area contributed by atoms with Gasteiger partial charge in [0, 0.05) is 12.3 Å². The van der Waals surface area contributed by atoms with Crippen molar-refractivity contribution in [2.75, 3.05) is 7.11 Å². The third-order valence-corrected chi connectivity index (χ3v) is 7.20. The second-order valence-corrected chi connectivity index (χ2v) is 8.91. The summed E-state index contributed by atoms with van der Waals surface area (Å²) in [5.74, 6) is 0.522. The van der Waals surface area contributed by atoms with Gasteiger partial charge in [0.1, 0.15) is 4.21 Å². The number of ether oxygens (including phenoxy) is 1. The molecule has 1 unspecified atom stereocenters. The Bertz CT molecular complexity index is 796. The molecule has 0 spiro atoms. The van der Waals surface area contributed by atoms with Crippen LogP contribution in [0.1, 0.15) is 30.0 Å². The number of methoxy groups -OCH3 is 1. The number of hydrogen-bond donors (Lipinski definition) is 2. The molecular weight excluding hydrogens is 348 g/mol. The predicted octanol–water partition coefficient (Wildman–Crippen LogP) is 2.25. The molecule has 8 heteroatoms. The van der Waals surface area contributed by atoms with Crippen molar-refractivity contribution in [3.8, 4) is 5.88 Å². The lowest BCUT2D eigenvalue weighted by Gasteiger charge is -2.37. The minimum Gasteiger partial charge on any atom is -0.481 e. The van der Waals surface area contributed by atoms with Crippen LogP contribution >= 0.6 is 11.3 Å². The third kappa shape index (κ3) is 3.61. The molecule has 0 aliphatic heterocycles. The molecule has 2 aromatic rings. The van der Waals surface area contributed by atoms with Crippen molar-refractivity contribution in [3.63, 3.8) is 0 Å². The Balaban J connectivity index is 1.87. The zero-order chi connectivity index (χ0) is 17.3. The fourth-order valence-electron chi connectivity index (χ4n) is 2.81. The summed E-state index contributed by atoms with van der Waals surface area (Å²) in [6.07, 6.45) is 2.40. The zero-order valence-corrected chi connectivity index (χ0v) is 15.1. The lowest BCUT2D eigenvalue weighted by atomic mass is 9.76. The number of aliphatic hydroxyl groups excluding tert-OH is 1. The van der Waals surface area contributed by atoms with Gasteiger partial charge in [-0.2, -0.15) is 0 Å². The summed E-state index contributed by atoms with van der Waals surface area (Å²) in [6.45, 7) is 1.86. The topological polar surface area (TPSA) is 88.5 Å². The number of rotatable bonds is 6. The Labute approximate surface area is 145 Å². The number of aliphatic hydroxyl groups is 1. The number of sulfonamides is 1. The highest BCUT2D eigenvalue weighted by Gasteiger charge is 2.37. The van der Waals surface area contributed by atoms with Crippen LogP contribution in [0.3, 0.4) is 0 Å². The molecular formula is C16H20N2O4S2. The molecule has 1 saturated carbocycles. The molecule has 6 nitrogen and oxygen atoms in total. The molecule has 0 amide bonds. The molecule has 0 bridgehead atoms. The number of nitrogens with zero attached hydrogens (tertiary/aromatic N) is 1. The van der Waals surface area contributed by atoms with Crippen LogP contribution in [0.4, 0.5) is 0 Å². The predicted molar refractivity (Wildman–Crippen MR) is 91.6 cm³/mol. The standard InChI is InChI=1S/C16H20N2O4S2/c1-10-5-15(23-9-10)24(20,21)18-16(12-6-13(19)7-12)11-3-4-14(22-2)17-8-11/h3-5,8-9,12-13,16,18-19H,6-7H2,1-2H3. The van der Waals surface area contributed by atoms with Crippen molar-refractivity contribution in [2.24, 2.45) is 5.92 Å². The van der Waals surface area contributed by atoms with Gasteiger partial charge in [-0.3, -0.25) is 0 Å². The number of thiophene rings is 1. The fraction of sp³-hybridized carbons (Fsp3) is 0.438. The average Bonchev–Trinajstić information content (AvgIpc) is 2.97. The van der Waals surface area contributed by atoms with Crippen molar-refractivity contribution in [2.45, 2.75) is 36.1 Å². The first-order valence-corrected chi connectivity index (χ1v) is 10.0. The highest BCUT2D eigenvalue weighted by molar-refractivity contribution is 7.91. The number of aryl methyl sites for hydroxylation is 1. The molecule has 24 heavy (non-hydrogen) atoms. The van der Waals surface area contributed by atoms with Crippen LogP contribution in [0.2, 0.25) is 0 Å². The summed E-state index contributed by atoms with van der Waals surface area (Å²) in [6, 6.07) is 4.76. The van der Waals surface area contributed by atoms with Gasteiger partial charge >= 0.3 is 0 Å². The third-order valence-electron chi connectivity index (χ3n) is 4.20. The fourth-order valence-corrected chi connectivity index (χ4v) is 5.35. The molecule has 2 heterocycles. The molecule has 1 fully saturated rings. The van der Waals surface area contributed by atoms with Gasteiger partial charge in [0.2, 0.25) is 5.88 Å². The lowest BCUT2D eigenvalue weighted by molar-refractivity contribution is 0.0279. The molecule has 0 aromatic carbocycles. The summed E-state index contributed by atoms with van der Waals surface area (Å²) < 4.78 is 33.5. The molecule has 2 N–H and O–H groups in total. The lowest BCUT2D eigenvalue weighted by Crippen LogP contribution is -2.41. The Kier molecular flexibility index (Phi) is 4.91. The van der Waals surface area contributed by atoms with E-state index in [0.29, 0.717) is 22.9 Å². The first-order chi connectivity index (χ1) is 11.4. The molecule has 2 aromatic heterocycles. The number of pyridine rings is 1. The number of hydrogen-bond acceptors (Lipinski definition) is 6. The Morgan fingerprint density at radius 1 is 1.42 bits per heavy atom. The SMILES string of the molecule is COc1ccc(C(NS(=O)(=O)c2cc(C)cs2)C2CC(O)C2)cn1. The van der Waals surface area contributed by atoms with Gasteiger partial charge in [-0.1, -0.05) is 6.07 Å². The van der Waals surface area contributed by atoms with E-state index in [2.05, 4.69) is 9.71 Å². The van der Waals surface area contributed by atoms with Gasteiger partial charge in [-0.05, 0) is 48.3 Å². The van der Waals surface area contributed by atoms with E-state index in [9.17, 15) is 13.5 Å². The van der Waals surface area contributed by atoms with Gasteiger partial charge in [0.15, 0.2) is 0 Å². The Hall–Kier alpha value is -1.48. The molecule has 3 rings (SSSR count). The van der Waals surface area contributed by atoms with Crippen molar-refractivity contribution < 1.29 is 18.3 Å². The maximum Gasteiger partial charge on any atom is 0.250 e. The van der Waals surface area contributed by atoms with E-state index in [1.807, 2.05) is 18.4 Å². The highest BCUT2D eigenvalue weighted by Crippen LogP contribution is 2.39. The highest BCUT2D eigenvalue weighted by atomic mass is 32.2. The van der Waals surface area contributed by atoms with Crippen molar-refractivity contribution in [3.05, 3.63) is 40.9 Å². The molecule has 130 valence electrons. The second kappa shape index (κ2) is 6.79. The normalized spacial score (nSPS) is 22.0. The van der Waals surface area contributed by atoms with E-state index in [1.54, 1.807) is 18.3 Å². The number of aromatic nitrogens is 1. The van der Waals surface area contributed by atoms with Gasteiger partial charge in [-0.15, -0.1) is 11.3 Å². The van der Waals surface area contributed by atoms with Gasteiger partial charge in [0.25, 0.3) is 10.0 Å². The molecule has 0 saturated heterocycles. The van der Waals surface area contributed by atoms with E-state index in [0.717, 1.165) is 11.1 Å². The summed E-state index contributed by atoms with van der Waals surface area (Å²) in [7, 11) is -2.08. The van der Waals surface area contributed by atoms with Crippen LogP contribution in [0.25, 0.3) is 0 Å². The van der Waals surface area contributed by atoms with Crippen molar-refractivity contribution in [1.29, 1.82) is 0 Å². The monoisotopic (exact) mass is 368 g/mol. The van der Waals surface area contributed by atoms with Crippen LogP contribution in [0.15, 0.2) is 34.0 Å². The van der Waals surface area contributed by atoms with Gasteiger partial charge in [0.05, 0.1) is 19.3 Å². The van der Waals surface area contributed by atoms with E-state index in [1.165, 1.54) is 18.4 Å². The van der Waals surface area contributed by atoms with Gasteiger partial charge < -0.3 is 9.84 Å². The summed E-state index contributed by atoms with van der Waals surface area (Å²) >= 11 is 1.20. The van der Waals surface area contributed by atoms with Gasteiger partial charge in [-0.25, -0.2) is 18.1 Å². The summed E-state index contributed by atoms with van der Waals surface area (Å²) in [4.78, 5) is 4.17. The Morgan fingerprint density at radius 3 is 2.67 bits per heavy atom. The smallest absolute Gasteiger partial charge is 0.250 e. The molecule has 1 aliphatic carbocycles. The molecule has 1 atom stereocenters. The first kappa shape index (κ1) is 17.3. The summed E-state index contributed by atoms with van der Waals surface area (Å²) in [5, 5.41) is 11.4. The van der Waals surface area contributed by atoms with Crippen LogP contribution in [0.5, 0.6) is 5.88 Å². The average molecular weight is 368 g/mol. The van der Waals surface area contributed by atoms with Crippen LogP contribution in [-0.4, -0.2) is 31.7 Å². The van der Waals surface area contributed by atoms with Crippen LogP contribution < -0.4 is 9.46 Å². The zero-order valence-electron chi connectivity index (χ0n) is 13.5. The second-order valence-electron chi connectivity index (χ2n) is 6.06. The summed E-state index contributed by atoms with van der Waals surface area (Å²) in [5.41, 5.74) is 1.69. The molecule has 0 radical (unpaired) electrons. The largest absolute Gasteiger partial charge is 0.481 e. The maximum absolute atomic E-state index is 12.7. The Morgan fingerprint density at radius 2 is 2.17 bits per heavy atom. The van der Waals surface area contributed by atoms with Crippen LogP contribution in [0, 0.1) is 12.8 Å². The number of nitrogens with one attached hydrogen (secondary N) is 1. The maximum atomic E-state index is 12.7. The quantitative estimate of drug-likeness (QED) is 0.816. The van der Waals surface area contributed by atoms with E-state index in [-0.39, 0.29) is 12.0 Å². The van der Waals surface area contributed by atoms with Crippen LogP contribution in [-0.2, 0) is 10.0 Å². The molecule has 1 aliphatic rings. The van der Waals surface area contributed by atoms with Crippen molar-refractivity contribution in [1.82, 2.24) is 9.71 Å². The van der Waals surface area contributed by atoms with E-state index >= 15 is 0 Å². The minimum atomic E-state index is -3.61. The minimum absolute atomic E-state index is 0.0472.